The summed E-state index contributed by atoms with van der Waals surface area (Å²) in [4.78, 5) is 2.36. The van der Waals surface area contributed by atoms with Crippen LogP contribution < -0.4 is 0 Å². The topological polar surface area (TPSA) is 3.24 Å². The number of rotatable bonds is 0. The van der Waals surface area contributed by atoms with Crippen LogP contribution >= 0.6 is 0 Å². The van der Waals surface area contributed by atoms with Gasteiger partial charge in [0.1, 0.15) is 0 Å². The zero-order valence-corrected chi connectivity index (χ0v) is 9.09. The van der Waals surface area contributed by atoms with Crippen molar-refractivity contribution in [1.29, 1.82) is 0 Å². The van der Waals surface area contributed by atoms with Gasteiger partial charge in [0.15, 0.2) is 0 Å². The number of nitrogens with zero attached hydrogens (tertiary/aromatic N) is 1. The van der Waals surface area contributed by atoms with Crippen molar-refractivity contribution in [3.05, 3.63) is 6.42 Å². The molecule has 1 radical (unpaired) electrons. The predicted molar refractivity (Wildman–Crippen MR) is 42.4 cm³/mol. The molecule has 1 aliphatic rings. The molecule has 1 nitrogen and oxygen atoms in total. The molecule has 1 rings (SSSR count). The molecule has 0 aromatic carbocycles. The minimum absolute atomic E-state index is 0. The van der Waals surface area contributed by atoms with Crippen LogP contribution in [0, 0.1) is 44.2 Å². The molecular formula is C8H18HoN-. The van der Waals surface area contributed by atoms with E-state index in [0.717, 1.165) is 0 Å². The van der Waals surface area contributed by atoms with Gasteiger partial charge in [-0.1, -0.05) is 13.8 Å². The van der Waals surface area contributed by atoms with Crippen LogP contribution in [-0.4, -0.2) is 25.0 Å². The molecule has 0 atom stereocenters. The van der Waals surface area contributed by atoms with Gasteiger partial charge in [-0.3, -0.25) is 0 Å². The van der Waals surface area contributed by atoms with Gasteiger partial charge < -0.3 is 11.3 Å². The Bertz CT molecular complexity index is 51.2. The molecule has 0 unspecified atom stereocenters. The molecule has 1 saturated heterocycles. The Labute approximate surface area is 95.2 Å². The quantitative estimate of drug-likeness (QED) is 0.487. The first kappa shape index (κ1) is 13.8. The molecule has 1 heterocycles. The summed E-state index contributed by atoms with van der Waals surface area (Å²) in [6, 6.07) is 0. The molecule has 2 heteroatoms. The second-order valence-electron chi connectivity index (χ2n) is 2.17. The molecule has 0 saturated carbocycles. The summed E-state index contributed by atoms with van der Waals surface area (Å²) in [6.45, 7) is 6.53. The minimum Gasteiger partial charge on any atom is -0.326 e. The predicted octanol–water partition coefficient (Wildman–Crippen LogP) is 1.94. The molecule has 0 bridgehead atoms. The van der Waals surface area contributed by atoms with Crippen LogP contribution in [0.3, 0.4) is 0 Å². The van der Waals surface area contributed by atoms with Crippen LogP contribution in [0.5, 0.6) is 0 Å². The summed E-state index contributed by atoms with van der Waals surface area (Å²) in [5.74, 6) is 0. The van der Waals surface area contributed by atoms with Crippen molar-refractivity contribution in [1.82, 2.24) is 4.90 Å². The summed E-state index contributed by atoms with van der Waals surface area (Å²) >= 11 is 0. The van der Waals surface area contributed by atoms with Crippen LogP contribution in [0.25, 0.3) is 0 Å². The standard InChI is InChI=1S/C6H12N.C2H6.Ho/c1-7-5-3-2-4-6-7;1-2;/h2H,3-6H2,1H3;1-2H3;/q-1;;. The number of piperidine rings is 1. The largest absolute Gasteiger partial charge is 0.326 e. The van der Waals surface area contributed by atoms with Crippen molar-refractivity contribution in [3.63, 3.8) is 0 Å². The fourth-order valence-corrected chi connectivity index (χ4v) is 0.879. The van der Waals surface area contributed by atoms with E-state index in [0.29, 0.717) is 0 Å². The van der Waals surface area contributed by atoms with Gasteiger partial charge in [-0.2, -0.15) is 12.8 Å². The van der Waals surface area contributed by atoms with Crippen molar-refractivity contribution in [3.8, 4) is 0 Å². The minimum atomic E-state index is 0. The summed E-state index contributed by atoms with van der Waals surface area (Å²) in [5, 5.41) is 0. The van der Waals surface area contributed by atoms with Crippen molar-refractivity contribution in [2.45, 2.75) is 26.7 Å². The van der Waals surface area contributed by atoms with Gasteiger partial charge in [0.25, 0.3) is 0 Å². The molecule has 0 aromatic rings. The molecule has 1 aliphatic heterocycles. The second-order valence-corrected chi connectivity index (χ2v) is 2.17. The van der Waals surface area contributed by atoms with E-state index in [1.807, 2.05) is 13.8 Å². The third-order valence-corrected chi connectivity index (χ3v) is 1.43. The Hall–Kier alpha value is 1.22. The Morgan fingerprint density at radius 2 is 1.50 bits per heavy atom. The van der Waals surface area contributed by atoms with Gasteiger partial charge >= 0.3 is 0 Å². The monoisotopic (exact) mass is 293 g/mol. The van der Waals surface area contributed by atoms with Crippen LogP contribution in [-0.2, 0) is 0 Å². The average molecular weight is 293 g/mol. The van der Waals surface area contributed by atoms with E-state index < -0.39 is 0 Å². The second kappa shape index (κ2) is 10.2. The molecule has 0 spiro atoms. The van der Waals surface area contributed by atoms with E-state index in [1.54, 1.807) is 0 Å². The fourth-order valence-electron chi connectivity index (χ4n) is 0.879. The van der Waals surface area contributed by atoms with Crippen LogP contribution in [0.2, 0.25) is 0 Å². The Kier molecular flexibility index (Phi) is 14.1. The van der Waals surface area contributed by atoms with Crippen molar-refractivity contribution in [2.24, 2.45) is 0 Å². The molecule has 1 fully saturated rings. The molecule has 0 aromatic heterocycles. The molecular weight excluding hydrogens is 275 g/mol. The first-order valence-electron chi connectivity index (χ1n) is 3.90. The summed E-state index contributed by atoms with van der Waals surface area (Å²) < 4.78 is 0. The number of hydrogen-bond acceptors (Lipinski definition) is 1. The normalized spacial score (nSPS) is 18.3. The van der Waals surface area contributed by atoms with Gasteiger partial charge in [0.2, 0.25) is 0 Å². The van der Waals surface area contributed by atoms with E-state index in [2.05, 4.69) is 18.4 Å². The SMILES string of the molecule is CC.CN1CC[CH-]CC1.[Ho]. The van der Waals surface area contributed by atoms with Crippen LogP contribution in [0.1, 0.15) is 26.7 Å². The van der Waals surface area contributed by atoms with Gasteiger partial charge in [-0.05, 0) is 20.1 Å². The maximum Gasteiger partial charge on any atom is 0 e. The average Bonchev–Trinajstić information content (AvgIpc) is 1.94. The van der Waals surface area contributed by atoms with Crippen molar-refractivity contribution < 1.29 is 37.7 Å². The van der Waals surface area contributed by atoms with E-state index in [1.165, 1.54) is 25.9 Å². The molecule has 67 valence electrons. The Morgan fingerprint density at radius 1 is 1.10 bits per heavy atom. The van der Waals surface area contributed by atoms with E-state index in [-0.39, 0.29) is 37.7 Å². The van der Waals surface area contributed by atoms with Crippen LogP contribution in [0.15, 0.2) is 0 Å². The number of hydrogen-bond donors (Lipinski definition) is 0. The van der Waals surface area contributed by atoms with E-state index in [4.69, 9.17) is 0 Å². The number of likely N-dealkylation sites (tertiary alicyclic amines) is 1. The third kappa shape index (κ3) is 7.33. The maximum absolute atomic E-state index is 2.36. The van der Waals surface area contributed by atoms with E-state index >= 15 is 0 Å². The first-order valence-corrected chi connectivity index (χ1v) is 3.90. The van der Waals surface area contributed by atoms with Gasteiger partial charge in [0, 0.05) is 37.7 Å². The first-order chi connectivity index (χ1) is 4.39. The Morgan fingerprint density at radius 3 is 1.70 bits per heavy atom. The van der Waals surface area contributed by atoms with Gasteiger partial charge in [-0.25, -0.2) is 0 Å². The van der Waals surface area contributed by atoms with Crippen LogP contribution in [0.4, 0.5) is 0 Å². The summed E-state index contributed by atoms with van der Waals surface area (Å²) in [6.07, 6.45) is 4.94. The van der Waals surface area contributed by atoms with E-state index in [9.17, 15) is 0 Å². The Balaban J connectivity index is 0. The smallest absolute Gasteiger partial charge is 0 e. The summed E-state index contributed by atoms with van der Waals surface area (Å²) in [7, 11) is 2.17. The molecule has 0 amide bonds. The molecule has 0 N–H and O–H groups in total. The third-order valence-electron chi connectivity index (χ3n) is 1.43. The maximum atomic E-state index is 2.36. The zero-order chi connectivity index (χ0) is 7.11. The molecule has 10 heavy (non-hydrogen) atoms. The zero-order valence-electron chi connectivity index (χ0n) is 7.15. The van der Waals surface area contributed by atoms with Gasteiger partial charge in [0.05, 0.1) is 0 Å². The molecule has 0 aliphatic carbocycles. The summed E-state index contributed by atoms with van der Waals surface area (Å²) in [5.41, 5.74) is 0. The van der Waals surface area contributed by atoms with Crippen molar-refractivity contribution >= 4 is 0 Å². The van der Waals surface area contributed by atoms with Crippen molar-refractivity contribution in [2.75, 3.05) is 20.1 Å². The fraction of sp³-hybridized carbons (Fsp3) is 0.875. The van der Waals surface area contributed by atoms with Gasteiger partial charge in [-0.15, -0.1) is 0 Å².